The van der Waals surface area contributed by atoms with Gasteiger partial charge in [0.05, 0.1) is 6.54 Å². The highest BCUT2D eigenvalue weighted by atomic mass is 15.2. The second-order valence-corrected chi connectivity index (χ2v) is 4.71. The van der Waals surface area contributed by atoms with E-state index in [0.29, 0.717) is 0 Å². The summed E-state index contributed by atoms with van der Waals surface area (Å²) in [5.74, 6) is 1.22. The number of rotatable bonds is 2. The van der Waals surface area contributed by atoms with Gasteiger partial charge in [0.1, 0.15) is 5.69 Å². The molecule has 0 unspecified atom stereocenters. The molecule has 0 fully saturated rings. The number of aryl methyl sites for hydroxylation is 1. The highest BCUT2D eigenvalue weighted by molar-refractivity contribution is 5.78. The zero-order chi connectivity index (χ0) is 13.4. The van der Waals surface area contributed by atoms with Crippen molar-refractivity contribution in [2.45, 2.75) is 20.4 Å². The molecule has 0 aliphatic heterocycles. The minimum Gasteiger partial charge on any atom is -0.399 e. The van der Waals surface area contributed by atoms with Gasteiger partial charge in [0.25, 0.3) is 5.82 Å². The molecule has 1 aromatic heterocycles. The standard InChI is InChI=1S/C16H18N3/c1-3-18-12(2)19(14-7-5-4-6-8-14)15-10-9-13(17)11-16(15)18/h4-11H,3,17H2,1-2H3/q+1. The summed E-state index contributed by atoms with van der Waals surface area (Å²) >= 11 is 0. The summed E-state index contributed by atoms with van der Waals surface area (Å²) in [6.07, 6.45) is 0. The van der Waals surface area contributed by atoms with Gasteiger partial charge in [-0.1, -0.05) is 18.2 Å². The number of fused-ring (bicyclic) bond motifs is 1. The van der Waals surface area contributed by atoms with Gasteiger partial charge in [-0.2, -0.15) is 4.57 Å². The van der Waals surface area contributed by atoms with Gasteiger partial charge in [-0.3, -0.25) is 0 Å². The van der Waals surface area contributed by atoms with Crippen molar-refractivity contribution in [3.05, 3.63) is 54.4 Å². The first-order chi connectivity index (χ1) is 9.22. The molecule has 0 radical (unpaired) electrons. The first kappa shape index (κ1) is 11.8. The molecule has 0 saturated carbocycles. The molecule has 0 aliphatic carbocycles. The quantitative estimate of drug-likeness (QED) is 0.552. The van der Waals surface area contributed by atoms with E-state index in [2.05, 4.69) is 53.3 Å². The number of nitrogens with zero attached hydrogens (tertiary/aromatic N) is 2. The Balaban J connectivity index is 2.39. The molecular formula is C16H18N3+. The molecule has 1 heterocycles. The Bertz CT molecular complexity index is 727. The summed E-state index contributed by atoms with van der Waals surface area (Å²) < 4.78 is 4.57. The molecule has 3 nitrogen and oxygen atoms in total. The lowest BCUT2D eigenvalue weighted by atomic mass is 10.2. The lowest BCUT2D eigenvalue weighted by molar-refractivity contribution is -0.674. The number of anilines is 1. The highest BCUT2D eigenvalue weighted by Gasteiger charge is 2.21. The van der Waals surface area contributed by atoms with Gasteiger partial charge in [0.2, 0.25) is 0 Å². The summed E-state index contributed by atoms with van der Waals surface area (Å²) in [4.78, 5) is 0. The number of nitrogens with two attached hydrogens (primary N) is 1. The molecule has 0 spiro atoms. The van der Waals surface area contributed by atoms with Crippen LogP contribution in [0.4, 0.5) is 5.69 Å². The molecule has 0 atom stereocenters. The second-order valence-electron chi connectivity index (χ2n) is 4.71. The Labute approximate surface area is 112 Å². The van der Waals surface area contributed by atoms with Crippen molar-refractivity contribution >= 4 is 16.7 Å². The largest absolute Gasteiger partial charge is 0.399 e. The summed E-state index contributed by atoms with van der Waals surface area (Å²) in [6, 6.07) is 16.5. The van der Waals surface area contributed by atoms with Crippen LogP contribution in [-0.2, 0) is 6.54 Å². The minimum atomic E-state index is 0.805. The predicted molar refractivity (Wildman–Crippen MR) is 78.3 cm³/mol. The maximum Gasteiger partial charge on any atom is 0.259 e. The lowest BCUT2D eigenvalue weighted by Crippen LogP contribution is -2.34. The Kier molecular flexibility index (Phi) is 2.75. The molecule has 0 aliphatic rings. The van der Waals surface area contributed by atoms with E-state index in [-0.39, 0.29) is 0 Å². The Hall–Kier alpha value is -2.29. The van der Waals surface area contributed by atoms with Crippen LogP contribution < -0.4 is 10.3 Å². The lowest BCUT2D eigenvalue weighted by Gasteiger charge is -1.99. The van der Waals surface area contributed by atoms with Gasteiger partial charge in [-0.25, -0.2) is 4.57 Å². The molecule has 2 N–H and O–H groups in total. The predicted octanol–water partition coefficient (Wildman–Crippen LogP) is 2.83. The maximum atomic E-state index is 5.92. The topological polar surface area (TPSA) is 34.8 Å². The van der Waals surface area contributed by atoms with E-state index in [9.17, 15) is 0 Å². The Morgan fingerprint density at radius 3 is 2.53 bits per heavy atom. The number of aromatic nitrogens is 2. The fraction of sp³-hybridized carbons (Fsp3) is 0.188. The number of imidazole rings is 1. The minimum absolute atomic E-state index is 0.805. The molecule has 3 heteroatoms. The van der Waals surface area contributed by atoms with Crippen molar-refractivity contribution in [1.82, 2.24) is 4.57 Å². The molecule has 96 valence electrons. The summed E-state index contributed by atoms with van der Waals surface area (Å²) in [5, 5.41) is 0. The van der Waals surface area contributed by atoms with Crippen molar-refractivity contribution in [3.63, 3.8) is 0 Å². The summed E-state index contributed by atoms with van der Waals surface area (Å²) in [6.45, 7) is 5.24. The first-order valence-corrected chi connectivity index (χ1v) is 6.58. The molecule has 3 aromatic rings. The van der Waals surface area contributed by atoms with Gasteiger partial charge >= 0.3 is 0 Å². The smallest absolute Gasteiger partial charge is 0.259 e. The molecule has 0 amide bonds. The van der Waals surface area contributed by atoms with Crippen LogP contribution in [-0.4, -0.2) is 4.57 Å². The van der Waals surface area contributed by atoms with Gasteiger partial charge in [-0.15, -0.1) is 0 Å². The monoisotopic (exact) mass is 252 g/mol. The van der Waals surface area contributed by atoms with Crippen molar-refractivity contribution in [1.29, 1.82) is 0 Å². The van der Waals surface area contributed by atoms with Crippen molar-refractivity contribution < 1.29 is 4.57 Å². The molecular weight excluding hydrogens is 234 g/mol. The first-order valence-electron chi connectivity index (χ1n) is 6.58. The molecule has 0 saturated heterocycles. The number of para-hydroxylation sites is 1. The zero-order valence-electron chi connectivity index (χ0n) is 11.3. The van der Waals surface area contributed by atoms with Crippen LogP contribution in [0.5, 0.6) is 0 Å². The van der Waals surface area contributed by atoms with Crippen LogP contribution in [0.3, 0.4) is 0 Å². The van der Waals surface area contributed by atoms with Crippen molar-refractivity contribution in [2.75, 3.05) is 5.73 Å². The molecule has 3 rings (SSSR count). The SMILES string of the molecule is CC[n+]1c(C)n(-c2ccccc2)c2ccc(N)cc21. The number of hydrogen-bond acceptors (Lipinski definition) is 1. The third-order valence-electron chi connectivity index (χ3n) is 3.58. The van der Waals surface area contributed by atoms with Crippen LogP contribution >= 0.6 is 0 Å². The third-order valence-corrected chi connectivity index (χ3v) is 3.58. The van der Waals surface area contributed by atoms with Crippen LogP contribution in [0, 0.1) is 6.92 Å². The fourth-order valence-electron chi connectivity index (χ4n) is 2.72. The van der Waals surface area contributed by atoms with E-state index in [4.69, 9.17) is 5.73 Å². The highest BCUT2D eigenvalue weighted by Crippen LogP contribution is 2.21. The van der Waals surface area contributed by atoms with E-state index in [1.54, 1.807) is 0 Å². The maximum absolute atomic E-state index is 5.92. The average molecular weight is 252 g/mol. The van der Waals surface area contributed by atoms with Gasteiger partial charge < -0.3 is 5.73 Å². The van der Waals surface area contributed by atoms with E-state index < -0.39 is 0 Å². The summed E-state index contributed by atoms with van der Waals surface area (Å²) in [5.41, 5.74) is 10.3. The Morgan fingerprint density at radius 1 is 1.11 bits per heavy atom. The van der Waals surface area contributed by atoms with E-state index in [0.717, 1.165) is 12.2 Å². The summed E-state index contributed by atoms with van der Waals surface area (Å²) in [7, 11) is 0. The van der Waals surface area contributed by atoms with Crippen LogP contribution in [0.2, 0.25) is 0 Å². The van der Waals surface area contributed by atoms with E-state index in [1.165, 1.54) is 22.5 Å². The fourth-order valence-corrected chi connectivity index (χ4v) is 2.72. The number of nitrogen functional groups attached to an aromatic ring is 1. The van der Waals surface area contributed by atoms with E-state index in [1.807, 2.05) is 18.2 Å². The van der Waals surface area contributed by atoms with Gasteiger partial charge in [0.15, 0.2) is 11.0 Å². The van der Waals surface area contributed by atoms with Gasteiger partial charge in [-0.05, 0) is 31.2 Å². The second kappa shape index (κ2) is 4.43. The number of hydrogen-bond donors (Lipinski definition) is 1. The molecule has 0 bridgehead atoms. The third kappa shape index (κ3) is 1.78. The van der Waals surface area contributed by atoms with E-state index >= 15 is 0 Å². The van der Waals surface area contributed by atoms with Crippen LogP contribution in [0.25, 0.3) is 16.7 Å². The molecule has 19 heavy (non-hydrogen) atoms. The molecule has 2 aromatic carbocycles. The van der Waals surface area contributed by atoms with Gasteiger partial charge in [0, 0.05) is 18.7 Å². The van der Waals surface area contributed by atoms with Crippen molar-refractivity contribution in [3.8, 4) is 5.69 Å². The normalized spacial score (nSPS) is 11.1. The van der Waals surface area contributed by atoms with Crippen molar-refractivity contribution in [2.24, 2.45) is 0 Å². The number of benzene rings is 2. The van der Waals surface area contributed by atoms with Crippen LogP contribution in [0.1, 0.15) is 12.7 Å². The zero-order valence-corrected chi connectivity index (χ0v) is 11.3. The average Bonchev–Trinajstić information content (AvgIpc) is 2.70. The Morgan fingerprint density at radius 2 is 1.84 bits per heavy atom. The van der Waals surface area contributed by atoms with Crippen LogP contribution in [0.15, 0.2) is 48.5 Å².